The number of halogens is 2. The number of carbonyl (C=O) groups excluding carboxylic acids is 2. The van der Waals surface area contributed by atoms with Gasteiger partial charge in [-0.05, 0) is 52.0 Å². The fraction of sp³-hybridized carbons (Fsp3) is 0.310. The molecule has 0 saturated carbocycles. The molecule has 0 saturated heterocycles. The molecule has 0 spiro atoms. The van der Waals surface area contributed by atoms with Crippen molar-refractivity contribution in [3.8, 4) is 26.9 Å². The summed E-state index contributed by atoms with van der Waals surface area (Å²) in [7, 11) is 1.47. The molecule has 2 aromatic carbocycles. The number of carbonyl (C=O) groups is 2. The average molecular weight is 630 g/mol. The van der Waals surface area contributed by atoms with Gasteiger partial charge in [0.25, 0.3) is 5.91 Å². The number of nitrogens with zero attached hydrogens (tertiary/aromatic N) is 3. The summed E-state index contributed by atoms with van der Waals surface area (Å²) in [6, 6.07) is 8.52. The quantitative estimate of drug-likeness (QED) is 0.153. The first-order chi connectivity index (χ1) is 20.5. The van der Waals surface area contributed by atoms with Gasteiger partial charge < -0.3 is 21.1 Å². The molecule has 3 amide bonds. The van der Waals surface area contributed by atoms with Crippen LogP contribution in [0.25, 0.3) is 21.1 Å². The number of hydrogen-bond acceptors (Lipinski definition) is 9. The lowest BCUT2D eigenvalue weighted by Crippen LogP contribution is -2.43. The van der Waals surface area contributed by atoms with Crippen molar-refractivity contribution in [1.29, 1.82) is 0 Å². The van der Waals surface area contributed by atoms with Gasteiger partial charge in [-0.2, -0.15) is 0 Å². The highest BCUT2D eigenvalue weighted by Gasteiger charge is 2.20. The van der Waals surface area contributed by atoms with Gasteiger partial charge in [-0.25, -0.2) is 23.5 Å². The van der Waals surface area contributed by atoms with Crippen LogP contribution in [0.15, 0.2) is 41.8 Å². The predicted octanol–water partition coefficient (Wildman–Crippen LogP) is 6.30. The molecule has 0 unspecified atom stereocenters. The van der Waals surface area contributed by atoms with Crippen LogP contribution in [0, 0.1) is 11.6 Å². The summed E-state index contributed by atoms with van der Waals surface area (Å²) in [6.07, 6.45) is 0. The molecule has 2 aromatic heterocycles. The smallest absolute Gasteiger partial charge is 0.321 e. The third-order valence-electron chi connectivity index (χ3n) is 6.47. The Morgan fingerprint density at radius 2 is 1.79 bits per heavy atom. The van der Waals surface area contributed by atoms with Crippen LogP contribution in [0.4, 0.5) is 30.2 Å². The fourth-order valence-electron chi connectivity index (χ4n) is 4.39. The van der Waals surface area contributed by atoms with Crippen molar-refractivity contribution in [1.82, 2.24) is 20.2 Å². The van der Waals surface area contributed by atoms with Crippen molar-refractivity contribution < 1.29 is 23.1 Å². The molecule has 0 bridgehead atoms. The summed E-state index contributed by atoms with van der Waals surface area (Å²) < 4.78 is 34.6. The highest BCUT2D eigenvalue weighted by Crippen LogP contribution is 2.39. The normalized spacial score (nSPS) is 11.3. The first-order valence-electron chi connectivity index (χ1n) is 13.4. The molecule has 228 valence electrons. The van der Waals surface area contributed by atoms with Crippen LogP contribution in [-0.4, -0.2) is 59.1 Å². The maximum Gasteiger partial charge on any atom is 0.321 e. The molecule has 4 aromatic rings. The Bertz CT molecular complexity index is 1600. The minimum atomic E-state index is -0.935. The van der Waals surface area contributed by atoms with Crippen LogP contribution < -0.4 is 26.4 Å². The molecule has 10 nitrogen and oxygen atoms in total. The number of methoxy groups -OCH3 is 1. The van der Waals surface area contributed by atoms with Crippen LogP contribution in [0.3, 0.4) is 0 Å². The second kappa shape index (κ2) is 13.9. The summed E-state index contributed by atoms with van der Waals surface area (Å²) in [5, 5.41) is 10.3. The van der Waals surface area contributed by atoms with Crippen LogP contribution in [0.5, 0.6) is 5.75 Å². The molecule has 14 heteroatoms. The molecule has 0 aliphatic heterocycles. The standard InChI is InChI=1S/C29H33F2N7O3S2/c1-15(2)38(16(3)4)10-9-33-28(40)37-29-36-25(32)24(43-29)27-35-23(14-42-27)19-12-22(21(31)13-20(19)30)34-26(39)17-7-6-8-18(11-17)41-5/h6-8,11-16H,9-10,32H2,1-5H3,(H,34,39)(H2,33,36,37,40). The van der Waals surface area contributed by atoms with E-state index in [1.54, 1.807) is 23.6 Å². The van der Waals surface area contributed by atoms with Gasteiger partial charge in [-0.15, -0.1) is 11.3 Å². The van der Waals surface area contributed by atoms with Gasteiger partial charge in [-0.1, -0.05) is 17.4 Å². The lowest BCUT2D eigenvalue weighted by atomic mass is 10.1. The van der Waals surface area contributed by atoms with Gasteiger partial charge >= 0.3 is 6.03 Å². The van der Waals surface area contributed by atoms with Crippen LogP contribution >= 0.6 is 22.7 Å². The topological polar surface area (TPSA) is 134 Å². The lowest BCUT2D eigenvalue weighted by Gasteiger charge is -2.30. The largest absolute Gasteiger partial charge is 0.497 e. The Morgan fingerprint density at radius 1 is 1.05 bits per heavy atom. The Kier molecular flexibility index (Phi) is 10.3. The van der Waals surface area contributed by atoms with Crippen molar-refractivity contribution in [3.63, 3.8) is 0 Å². The van der Waals surface area contributed by atoms with Crippen LogP contribution in [0.1, 0.15) is 38.1 Å². The van der Waals surface area contributed by atoms with E-state index in [0.29, 0.717) is 46.9 Å². The van der Waals surface area contributed by atoms with E-state index in [-0.39, 0.29) is 33.5 Å². The molecule has 4 rings (SSSR count). The van der Waals surface area contributed by atoms with Gasteiger partial charge in [-0.3, -0.25) is 15.0 Å². The van der Waals surface area contributed by atoms with Gasteiger partial charge in [0.1, 0.15) is 33.1 Å². The minimum Gasteiger partial charge on any atom is -0.497 e. The van der Waals surface area contributed by atoms with Gasteiger partial charge in [0.05, 0.1) is 18.5 Å². The number of rotatable bonds is 11. The van der Waals surface area contributed by atoms with Crippen molar-refractivity contribution in [2.24, 2.45) is 0 Å². The molecule has 0 aliphatic rings. The van der Waals surface area contributed by atoms with Crippen LogP contribution in [-0.2, 0) is 0 Å². The van der Waals surface area contributed by atoms with E-state index in [0.717, 1.165) is 11.3 Å². The highest BCUT2D eigenvalue weighted by molar-refractivity contribution is 7.23. The number of nitrogen functional groups attached to an aromatic ring is 1. The second-order valence-electron chi connectivity index (χ2n) is 10.1. The van der Waals surface area contributed by atoms with E-state index in [1.165, 1.54) is 30.6 Å². The van der Waals surface area contributed by atoms with Crippen molar-refractivity contribution in [3.05, 3.63) is 59.0 Å². The molecular formula is C29H33F2N7O3S2. The minimum absolute atomic E-state index is 0.0116. The van der Waals surface area contributed by atoms with Crippen LogP contribution in [0.2, 0.25) is 0 Å². The van der Waals surface area contributed by atoms with E-state index in [2.05, 4.69) is 58.5 Å². The molecule has 43 heavy (non-hydrogen) atoms. The van der Waals surface area contributed by atoms with Crippen molar-refractivity contribution in [2.75, 3.05) is 36.6 Å². The predicted molar refractivity (Wildman–Crippen MR) is 168 cm³/mol. The summed E-state index contributed by atoms with van der Waals surface area (Å²) in [5.41, 5.74) is 6.35. The van der Waals surface area contributed by atoms with Gasteiger partial charge in [0.15, 0.2) is 5.13 Å². The SMILES string of the molecule is COc1cccc(C(=O)Nc2cc(-c3csc(-c4sc(NC(=O)NCCN(C(C)C)C(C)C)nc4N)n3)c(F)cc2F)c1. The van der Waals surface area contributed by atoms with Crippen molar-refractivity contribution >= 4 is 51.2 Å². The van der Waals surface area contributed by atoms with E-state index in [1.807, 2.05) is 0 Å². The number of anilines is 3. The number of hydrogen-bond donors (Lipinski definition) is 4. The number of amides is 3. The molecular weight excluding hydrogens is 596 g/mol. The van der Waals surface area contributed by atoms with E-state index >= 15 is 0 Å². The van der Waals surface area contributed by atoms with Gasteiger partial charge in [0, 0.05) is 47.7 Å². The zero-order valence-corrected chi connectivity index (χ0v) is 26.0. The Morgan fingerprint density at radius 3 is 2.49 bits per heavy atom. The maximum atomic E-state index is 14.9. The summed E-state index contributed by atoms with van der Waals surface area (Å²) in [6.45, 7) is 9.58. The Labute approximate surface area is 256 Å². The van der Waals surface area contributed by atoms with E-state index in [4.69, 9.17) is 10.5 Å². The molecule has 0 atom stereocenters. The number of nitrogens with two attached hydrogens (primary N) is 1. The fourth-order valence-corrected chi connectivity index (χ4v) is 6.19. The Hall–Kier alpha value is -4.14. The molecule has 5 N–H and O–H groups in total. The van der Waals surface area contributed by atoms with Crippen molar-refractivity contribution in [2.45, 2.75) is 39.8 Å². The highest BCUT2D eigenvalue weighted by atomic mass is 32.1. The maximum absolute atomic E-state index is 14.9. The number of aromatic nitrogens is 2. The van der Waals surface area contributed by atoms with E-state index < -0.39 is 23.6 Å². The first kappa shape index (κ1) is 31.8. The lowest BCUT2D eigenvalue weighted by molar-refractivity contribution is 0.102. The molecule has 0 aliphatic carbocycles. The molecule has 0 radical (unpaired) electrons. The zero-order valence-electron chi connectivity index (χ0n) is 24.3. The third kappa shape index (κ3) is 7.83. The third-order valence-corrected chi connectivity index (χ3v) is 8.45. The summed E-state index contributed by atoms with van der Waals surface area (Å²) >= 11 is 2.31. The monoisotopic (exact) mass is 629 g/mol. The Balaban J connectivity index is 1.46. The zero-order chi connectivity index (χ0) is 31.3. The second-order valence-corrected chi connectivity index (χ2v) is 11.9. The molecule has 0 fully saturated rings. The van der Waals surface area contributed by atoms with E-state index in [9.17, 15) is 18.4 Å². The summed E-state index contributed by atoms with van der Waals surface area (Å²) in [5.74, 6) is -1.76. The summed E-state index contributed by atoms with van der Waals surface area (Å²) in [4.78, 5) is 36.6. The number of benzene rings is 2. The number of thiazole rings is 2. The van der Waals surface area contributed by atoms with Gasteiger partial charge in [0.2, 0.25) is 0 Å². The average Bonchev–Trinajstić information content (AvgIpc) is 3.58. The first-order valence-corrected chi connectivity index (χ1v) is 15.1. The molecule has 2 heterocycles. The number of ether oxygens (including phenoxy) is 1. The number of urea groups is 1. The number of nitrogens with one attached hydrogen (secondary N) is 3.